The molecule has 0 amide bonds. The summed E-state index contributed by atoms with van der Waals surface area (Å²) in [4.78, 5) is 26.8. The molecular weight excluding hydrogens is 324 g/mol. The topological polar surface area (TPSA) is 94.9 Å². The maximum absolute atomic E-state index is 12.1. The number of carbonyl (C=O) groups is 1. The molecule has 0 fully saturated rings. The lowest BCUT2D eigenvalue weighted by Crippen LogP contribution is -2.18. The molecule has 25 heavy (non-hydrogen) atoms. The van der Waals surface area contributed by atoms with Crippen LogP contribution in [0.4, 0.5) is 5.69 Å². The Morgan fingerprint density at radius 3 is 2.40 bits per heavy atom. The predicted molar refractivity (Wildman–Crippen MR) is 92.1 cm³/mol. The number of hydrogen-bond donors (Lipinski definition) is 0. The van der Waals surface area contributed by atoms with Gasteiger partial charge in [-0.25, -0.2) is 9.79 Å². The van der Waals surface area contributed by atoms with E-state index in [1.54, 1.807) is 25.1 Å². The lowest BCUT2D eigenvalue weighted by Gasteiger charge is -2.11. The van der Waals surface area contributed by atoms with E-state index in [1.165, 1.54) is 18.2 Å². The number of esters is 1. The van der Waals surface area contributed by atoms with Gasteiger partial charge in [0.2, 0.25) is 5.55 Å². The quantitative estimate of drug-likeness (QED) is 0.478. The van der Waals surface area contributed by atoms with E-state index in [-0.39, 0.29) is 17.8 Å². The van der Waals surface area contributed by atoms with Crippen LogP contribution in [0.25, 0.3) is 11.3 Å². The van der Waals surface area contributed by atoms with Crippen molar-refractivity contribution in [3.63, 3.8) is 0 Å². The Bertz CT molecular complexity index is 845. The van der Waals surface area contributed by atoms with Crippen molar-refractivity contribution in [2.45, 2.75) is 33.2 Å². The molecule has 7 heteroatoms. The predicted octanol–water partition coefficient (Wildman–Crippen LogP) is 3.73. The Kier molecular flexibility index (Phi) is 5.36. The van der Waals surface area contributed by atoms with Gasteiger partial charge in [0.25, 0.3) is 5.69 Å². The van der Waals surface area contributed by atoms with Gasteiger partial charge < -0.3 is 9.15 Å². The van der Waals surface area contributed by atoms with Crippen molar-refractivity contribution in [3.8, 4) is 11.3 Å². The Labute approximate surface area is 145 Å². The number of nitro groups is 1. The van der Waals surface area contributed by atoms with Crippen LogP contribution in [0.1, 0.15) is 38.1 Å². The molecule has 0 aliphatic carbocycles. The van der Waals surface area contributed by atoms with Gasteiger partial charge in [-0.1, -0.05) is 0 Å². The molecule has 132 valence electrons. The minimum atomic E-state index is -0.480. The molecule has 7 nitrogen and oxygen atoms in total. The van der Waals surface area contributed by atoms with Gasteiger partial charge in [0.1, 0.15) is 5.76 Å². The number of ether oxygens (including phenoxy) is 1. The number of nitrogens with zero attached hydrogens (tertiary/aromatic N) is 2. The summed E-state index contributed by atoms with van der Waals surface area (Å²) in [7, 11) is 0. The maximum atomic E-state index is 12.1. The summed E-state index contributed by atoms with van der Waals surface area (Å²) in [5, 5.41) is 10.8. The summed E-state index contributed by atoms with van der Waals surface area (Å²) in [6, 6.07) is 8.95. The fourth-order valence-corrected chi connectivity index (χ4v) is 2.10. The zero-order chi connectivity index (χ0) is 18.6. The monoisotopic (exact) mass is 344 g/mol. The first kappa shape index (κ1) is 18.4. The highest BCUT2D eigenvalue weighted by Crippen LogP contribution is 2.22. The molecule has 1 aromatic carbocycles. The zero-order valence-corrected chi connectivity index (χ0v) is 14.6. The minimum Gasteiger partial charge on any atom is -0.462 e. The molecule has 2 rings (SSSR count). The molecule has 0 saturated carbocycles. The van der Waals surface area contributed by atoms with E-state index in [0.29, 0.717) is 16.9 Å². The summed E-state index contributed by atoms with van der Waals surface area (Å²) < 4.78 is 10.8. The van der Waals surface area contributed by atoms with Crippen LogP contribution in [-0.2, 0) is 4.74 Å². The minimum absolute atomic E-state index is 0.0232. The fourth-order valence-electron chi connectivity index (χ4n) is 2.10. The second-order valence-corrected chi connectivity index (χ2v) is 6.36. The third-order valence-corrected chi connectivity index (χ3v) is 3.10. The van der Waals surface area contributed by atoms with E-state index in [2.05, 4.69) is 4.99 Å². The average molecular weight is 344 g/mol. The van der Waals surface area contributed by atoms with E-state index < -0.39 is 16.4 Å². The van der Waals surface area contributed by atoms with E-state index in [9.17, 15) is 14.9 Å². The zero-order valence-electron chi connectivity index (χ0n) is 14.6. The fraction of sp³-hybridized carbons (Fsp3) is 0.333. The largest absolute Gasteiger partial charge is 0.462 e. The van der Waals surface area contributed by atoms with Crippen LogP contribution in [0.3, 0.4) is 0 Å². The van der Waals surface area contributed by atoms with Crippen LogP contribution in [0.5, 0.6) is 0 Å². The Morgan fingerprint density at radius 1 is 1.24 bits per heavy atom. The van der Waals surface area contributed by atoms with Gasteiger partial charge in [0.05, 0.1) is 22.6 Å². The van der Waals surface area contributed by atoms with Crippen LogP contribution in [0.2, 0.25) is 0 Å². The van der Waals surface area contributed by atoms with Crippen molar-refractivity contribution in [3.05, 3.63) is 57.6 Å². The molecule has 0 aliphatic rings. The first-order valence-electron chi connectivity index (χ1n) is 7.82. The first-order chi connectivity index (χ1) is 11.7. The highest BCUT2D eigenvalue weighted by Gasteiger charge is 2.14. The number of benzene rings is 1. The first-order valence-corrected chi connectivity index (χ1v) is 7.82. The van der Waals surface area contributed by atoms with Crippen molar-refractivity contribution in [1.29, 1.82) is 0 Å². The third-order valence-electron chi connectivity index (χ3n) is 3.10. The average Bonchev–Trinajstić information content (AvgIpc) is 2.53. The highest BCUT2D eigenvalue weighted by atomic mass is 16.6. The Balaban J connectivity index is 2.58. The van der Waals surface area contributed by atoms with E-state index in [1.807, 2.05) is 20.8 Å². The smallest absolute Gasteiger partial charge is 0.338 e. The summed E-state index contributed by atoms with van der Waals surface area (Å²) in [5.74, 6) is -0.102. The molecule has 1 heterocycles. The SMILES string of the molecule is CCOC(=O)c1cc(-c2ccc([N+](=O)[O-])cc2)oc(=NC(C)(C)C)c1. The van der Waals surface area contributed by atoms with Crippen LogP contribution in [0, 0.1) is 10.1 Å². The van der Waals surface area contributed by atoms with Crippen molar-refractivity contribution in [2.24, 2.45) is 4.99 Å². The normalized spacial score (nSPS) is 12.1. The van der Waals surface area contributed by atoms with Crippen LogP contribution in [0.15, 0.2) is 45.8 Å². The van der Waals surface area contributed by atoms with E-state index in [4.69, 9.17) is 9.15 Å². The van der Waals surface area contributed by atoms with Gasteiger partial charge in [-0.2, -0.15) is 0 Å². The van der Waals surface area contributed by atoms with E-state index >= 15 is 0 Å². The molecule has 1 aromatic heterocycles. The molecule has 0 saturated heterocycles. The second-order valence-electron chi connectivity index (χ2n) is 6.36. The number of hydrogen-bond acceptors (Lipinski definition) is 6. The molecule has 0 bridgehead atoms. The molecule has 0 radical (unpaired) electrons. The number of non-ortho nitro benzene ring substituents is 1. The molecule has 0 unspecified atom stereocenters. The number of rotatable bonds is 4. The van der Waals surface area contributed by atoms with Gasteiger partial charge in [0.15, 0.2) is 0 Å². The molecule has 0 aliphatic heterocycles. The Hall–Kier alpha value is -2.96. The summed E-state index contributed by atoms with van der Waals surface area (Å²) >= 11 is 0. The van der Waals surface area contributed by atoms with Crippen LogP contribution in [-0.4, -0.2) is 23.0 Å². The Morgan fingerprint density at radius 2 is 1.88 bits per heavy atom. The maximum Gasteiger partial charge on any atom is 0.338 e. The van der Waals surface area contributed by atoms with Gasteiger partial charge >= 0.3 is 5.97 Å². The van der Waals surface area contributed by atoms with Crippen molar-refractivity contribution in [2.75, 3.05) is 6.61 Å². The molecule has 0 spiro atoms. The molecule has 0 N–H and O–H groups in total. The number of nitro benzene ring substituents is 1. The lowest BCUT2D eigenvalue weighted by atomic mass is 10.1. The standard InChI is InChI=1S/C18H20N2O5/c1-5-24-17(21)13-10-15(25-16(11-13)19-18(2,3)4)12-6-8-14(9-7-12)20(22)23/h6-11H,5H2,1-4H3. The molecular formula is C18H20N2O5. The third kappa shape index (κ3) is 5.00. The summed E-state index contributed by atoms with van der Waals surface area (Å²) in [6.45, 7) is 7.70. The van der Waals surface area contributed by atoms with Crippen molar-refractivity contribution in [1.82, 2.24) is 0 Å². The lowest BCUT2D eigenvalue weighted by molar-refractivity contribution is -0.384. The molecule has 0 atom stereocenters. The van der Waals surface area contributed by atoms with Gasteiger partial charge in [-0.15, -0.1) is 0 Å². The number of carbonyl (C=O) groups excluding carboxylic acids is 1. The highest BCUT2D eigenvalue weighted by molar-refractivity contribution is 5.90. The van der Waals surface area contributed by atoms with Crippen LogP contribution >= 0.6 is 0 Å². The second kappa shape index (κ2) is 7.29. The van der Waals surface area contributed by atoms with Gasteiger partial charge in [-0.05, 0) is 45.9 Å². The van der Waals surface area contributed by atoms with Crippen molar-refractivity contribution >= 4 is 11.7 Å². The molecule has 2 aromatic rings. The van der Waals surface area contributed by atoms with Gasteiger partial charge in [-0.3, -0.25) is 10.1 Å². The van der Waals surface area contributed by atoms with Gasteiger partial charge in [0, 0.05) is 23.8 Å². The summed E-state index contributed by atoms with van der Waals surface area (Å²) in [6.07, 6.45) is 0. The summed E-state index contributed by atoms with van der Waals surface area (Å²) in [5.41, 5.74) is 0.770. The van der Waals surface area contributed by atoms with E-state index in [0.717, 1.165) is 0 Å². The van der Waals surface area contributed by atoms with Crippen LogP contribution < -0.4 is 5.55 Å². The van der Waals surface area contributed by atoms with Crippen molar-refractivity contribution < 1.29 is 18.9 Å².